The number of likely N-dealkylation sites (N-methyl/N-ethyl adjacent to an activating group) is 1. The predicted octanol–water partition coefficient (Wildman–Crippen LogP) is 9.26. The molecule has 0 N–H and O–H groups in total. The van der Waals surface area contributed by atoms with Crippen molar-refractivity contribution >= 4 is 0 Å². The number of rotatable bonds is 8. The van der Waals surface area contributed by atoms with E-state index in [1.165, 1.54) is 43.4 Å². The van der Waals surface area contributed by atoms with Gasteiger partial charge >= 0.3 is 12.4 Å². The number of nitrogens with zero attached hydrogens (tertiary/aromatic N) is 2. The van der Waals surface area contributed by atoms with Gasteiger partial charge in [-0.1, -0.05) is 54.1 Å². The number of halogens is 7. The van der Waals surface area contributed by atoms with E-state index in [1.807, 2.05) is 12.1 Å². The maximum Gasteiger partial charge on any atom is 0.416 e. The first-order valence-corrected chi connectivity index (χ1v) is 13.4. The van der Waals surface area contributed by atoms with Crippen molar-refractivity contribution in [3.05, 3.63) is 111 Å². The van der Waals surface area contributed by atoms with E-state index < -0.39 is 35.6 Å². The Kier molecular flexibility index (Phi) is 11.5. The van der Waals surface area contributed by atoms with Crippen molar-refractivity contribution in [1.29, 1.82) is 0 Å². The zero-order valence-corrected chi connectivity index (χ0v) is 22.7. The van der Waals surface area contributed by atoms with E-state index in [2.05, 4.69) is 47.5 Å². The van der Waals surface area contributed by atoms with E-state index in [0.29, 0.717) is 18.1 Å². The van der Waals surface area contributed by atoms with Gasteiger partial charge in [0.1, 0.15) is 12.4 Å². The second-order valence-electron chi connectivity index (χ2n) is 10.5. The maximum absolute atomic E-state index is 13.1. The summed E-state index contributed by atoms with van der Waals surface area (Å²) in [7, 11) is 2.24. The van der Waals surface area contributed by atoms with Gasteiger partial charge in [-0.2, -0.15) is 31.2 Å². The molecule has 0 saturated heterocycles. The van der Waals surface area contributed by atoms with Gasteiger partial charge in [-0.25, -0.2) is 4.39 Å². The smallest absolute Gasteiger partial charge is 0.306 e. The molecule has 3 aromatic rings. The van der Waals surface area contributed by atoms with Crippen LogP contribution in [-0.4, -0.2) is 25.0 Å². The molecule has 222 valence electrons. The molecule has 0 bridgehead atoms. The molecule has 1 unspecified atom stereocenters. The van der Waals surface area contributed by atoms with Crippen LogP contribution in [0, 0.1) is 16.6 Å². The third-order valence-electron chi connectivity index (χ3n) is 7.21. The third kappa shape index (κ3) is 10.6. The van der Waals surface area contributed by atoms with Gasteiger partial charge in [-0.3, -0.25) is 0 Å². The van der Waals surface area contributed by atoms with Crippen LogP contribution in [0.15, 0.2) is 78.0 Å². The molecular formula is C31H33F7N2O. The maximum atomic E-state index is 13.1. The molecule has 41 heavy (non-hydrogen) atoms. The van der Waals surface area contributed by atoms with Gasteiger partial charge in [0.15, 0.2) is 0 Å². The SMILES string of the molecule is CN(CCc1ccccc1)C[C@@H]1CCCC(c2ccc(F)cc2)C1.O=NCc1cc(C(F)(F)F)cc(C(F)(F)F)c1. The van der Waals surface area contributed by atoms with E-state index in [4.69, 9.17) is 0 Å². The van der Waals surface area contributed by atoms with Gasteiger partial charge in [0.05, 0.1) is 11.1 Å². The summed E-state index contributed by atoms with van der Waals surface area (Å²) >= 11 is 0. The van der Waals surface area contributed by atoms with Crippen molar-refractivity contribution in [1.82, 2.24) is 4.90 Å². The Morgan fingerprint density at radius 1 is 0.829 bits per heavy atom. The molecule has 1 saturated carbocycles. The summed E-state index contributed by atoms with van der Waals surface area (Å²) in [5.41, 5.74) is -0.607. The normalized spacial score (nSPS) is 17.6. The topological polar surface area (TPSA) is 32.7 Å². The Balaban J connectivity index is 0.000000241. The van der Waals surface area contributed by atoms with Crippen molar-refractivity contribution in [2.45, 2.75) is 56.9 Å². The highest BCUT2D eigenvalue weighted by molar-refractivity contribution is 5.33. The fraction of sp³-hybridized carbons (Fsp3) is 0.419. The quantitative estimate of drug-likeness (QED) is 0.196. The molecule has 4 rings (SSSR count). The van der Waals surface area contributed by atoms with Crippen molar-refractivity contribution < 1.29 is 30.7 Å². The second kappa shape index (κ2) is 14.6. The summed E-state index contributed by atoms with van der Waals surface area (Å²) in [5.74, 6) is 1.23. The second-order valence-corrected chi connectivity index (χ2v) is 10.5. The van der Waals surface area contributed by atoms with Crippen LogP contribution in [0.2, 0.25) is 0 Å². The average Bonchev–Trinajstić information content (AvgIpc) is 2.92. The molecule has 0 aliphatic heterocycles. The fourth-order valence-corrected chi connectivity index (χ4v) is 5.18. The van der Waals surface area contributed by atoms with Gasteiger partial charge in [0, 0.05) is 13.1 Å². The molecular weight excluding hydrogens is 549 g/mol. The van der Waals surface area contributed by atoms with Crippen molar-refractivity contribution in [3.63, 3.8) is 0 Å². The van der Waals surface area contributed by atoms with Crippen LogP contribution in [0.25, 0.3) is 0 Å². The highest BCUT2D eigenvalue weighted by Gasteiger charge is 2.36. The summed E-state index contributed by atoms with van der Waals surface area (Å²) in [6.45, 7) is 1.54. The molecule has 10 heteroatoms. The molecule has 3 nitrogen and oxygen atoms in total. The minimum atomic E-state index is -4.90. The lowest BCUT2D eigenvalue weighted by atomic mass is 9.78. The zero-order valence-electron chi connectivity index (χ0n) is 22.7. The Labute approximate surface area is 235 Å². The summed E-state index contributed by atoms with van der Waals surface area (Å²) in [6, 6.07) is 18.8. The molecule has 2 atom stereocenters. The summed E-state index contributed by atoms with van der Waals surface area (Å²) < 4.78 is 86.9. The minimum Gasteiger partial charge on any atom is -0.306 e. The standard InChI is InChI=1S/C22H28FN.C9H5F6NO/c1-24(15-14-18-6-3-2-4-7-18)17-19-8-5-9-21(16-19)20-10-12-22(23)13-11-20;10-8(11,12)6-1-5(4-16-17)2-7(3-6)9(13,14)15/h2-4,6-7,10-13,19,21H,5,8-9,14-17H2,1H3;1-3H,4H2/t19-,21?;/m1./s1. The van der Waals surface area contributed by atoms with E-state index in [0.717, 1.165) is 18.9 Å². The Morgan fingerprint density at radius 3 is 2.00 bits per heavy atom. The monoisotopic (exact) mass is 582 g/mol. The van der Waals surface area contributed by atoms with Crippen molar-refractivity contribution in [3.8, 4) is 0 Å². The van der Waals surface area contributed by atoms with Gasteiger partial charge in [0.25, 0.3) is 0 Å². The average molecular weight is 583 g/mol. The lowest BCUT2D eigenvalue weighted by Crippen LogP contribution is -2.30. The lowest BCUT2D eigenvalue weighted by molar-refractivity contribution is -0.143. The van der Waals surface area contributed by atoms with Crippen LogP contribution in [0.4, 0.5) is 30.7 Å². The van der Waals surface area contributed by atoms with Gasteiger partial charge < -0.3 is 4.90 Å². The number of hydrogen-bond donors (Lipinski definition) is 0. The fourth-order valence-electron chi connectivity index (χ4n) is 5.18. The summed E-state index contributed by atoms with van der Waals surface area (Å²) in [6.07, 6.45) is -3.59. The van der Waals surface area contributed by atoms with Crippen LogP contribution in [0.5, 0.6) is 0 Å². The van der Waals surface area contributed by atoms with E-state index >= 15 is 0 Å². The van der Waals surface area contributed by atoms with Gasteiger partial charge in [-0.05, 0) is 91.6 Å². The third-order valence-corrected chi connectivity index (χ3v) is 7.21. The number of hydrogen-bond acceptors (Lipinski definition) is 3. The van der Waals surface area contributed by atoms with E-state index in [1.54, 1.807) is 12.1 Å². The molecule has 1 fully saturated rings. The van der Waals surface area contributed by atoms with Crippen LogP contribution in [0.3, 0.4) is 0 Å². The van der Waals surface area contributed by atoms with Crippen LogP contribution in [-0.2, 0) is 25.3 Å². The minimum absolute atomic E-state index is 0.00565. The highest BCUT2D eigenvalue weighted by Crippen LogP contribution is 2.37. The van der Waals surface area contributed by atoms with Gasteiger partial charge in [0.2, 0.25) is 0 Å². The first-order chi connectivity index (χ1) is 19.3. The largest absolute Gasteiger partial charge is 0.416 e. The van der Waals surface area contributed by atoms with E-state index in [-0.39, 0.29) is 11.9 Å². The first-order valence-electron chi connectivity index (χ1n) is 13.4. The van der Waals surface area contributed by atoms with Crippen LogP contribution in [0.1, 0.15) is 59.4 Å². The molecule has 0 heterocycles. The molecule has 1 aliphatic rings. The molecule has 0 radical (unpaired) electrons. The lowest BCUT2D eigenvalue weighted by Gasteiger charge is -2.32. The Morgan fingerprint density at radius 2 is 1.44 bits per heavy atom. The Hall–Kier alpha value is -3.27. The van der Waals surface area contributed by atoms with Crippen molar-refractivity contribution in [2.75, 3.05) is 20.1 Å². The predicted molar refractivity (Wildman–Crippen MR) is 145 cm³/mol. The first kappa shape index (κ1) is 32.2. The number of nitroso groups, excluding NO2 is 1. The summed E-state index contributed by atoms with van der Waals surface area (Å²) in [4.78, 5) is 12.4. The molecule has 0 spiro atoms. The van der Waals surface area contributed by atoms with Crippen LogP contribution >= 0.6 is 0 Å². The van der Waals surface area contributed by atoms with Gasteiger partial charge in [-0.15, -0.1) is 0 Å². The van der Waals surface area contributed by atoms with Crippen molar-refractivity contribution in [2.24, 2.45) is 11.1 Å². The van der Waals surface area contributed by atoms with Crippen LogP contribution < -0.4 is 0 Å². The molecule has 3 aromatic carbocycles. The number of alkyl halides is 6. The van der Waals surface area contributed by atoms with E-state index in [9.17, 15) is 35.6 Å². The Bertz CT molecular complexity index is 1200. The molecule has 0 amide bonds. The summed E-state index contributed by atoms with van der Waals surface area (Å²) in [5, 5.41) is 2.27. The molecule has 0 aromatic heterocycles. The highest BCUT2D eigenvalue weighted by atomic mass is 19.4. The molecule has 1 aliphatic carbocycles. The zero-order chi connectivity index (χ0) is 30.0. The number of benzene rings is 3.